The smallest absolute Gasteiger partial charge is 0.122 e. The van der Waals surface area contributed by atoms with E-state index in [0.717, 1.165) is 18.8 Å². The van der Waals surface area contributed by atoms with Crippen molar-refractivity contribution in [3.8, 4) is 5.75 Å². The minimum atomic E-state index is -0.432. The van der Waals surface area contributed by atoms with E-state index < -0.39 is 6.10 Å². The lowest BCUT2D eigenvalue weighted by Gasteiger charge is -2.27. The Labute approximate surface area is 146 Å². The van der Waals surface area contributed by atoms with Crippen LogP contribution >= 0.6 is 0 Å². The zero-order valence-corrected chi connectivity index (χ0v) is 15.2. The summed E-state index contributed by atoms with van der Waals surface area (Å²) in [5.74, 6) is 1.33. The second-order valence-corrected chi connectivity index (χ2v) is 7.60. The van der Waals surface area contributed by atoms with Gasteiger partial charge in [-0.05, 0) is 56.4 Å². The molecular formula is C20H32N2O2. The van der Waals surface area contributed by atoms with Crippen LogP contribution in [0.2, 0.25) is 0 Å². The molecule has 24 heavy (non-hydrogen) atoms. The predicted octanol–water partition coefficient (Wildman–Crippen LogP) is 2.72. The molecule has 0 bridgehead atoms. The Morgan fingerprint density at radius 3 is 2.79 bits per heavy atom. The van der Waals surface area contributed by atoms with Gasteiger partial charge in [0.05, 0.1) is 0 Å². The summed E-state index contributed by atoms with van der Waals surface area (Å²) >= 11 is 0. The van der Waals surface area contributed by atoms with Gasteiger partial charge in [0.25, 0.3) is 0 Å². The number of para-hydroxylation sites is 1. The summed E-state index contributed by atoms with van der Waals surface area (Å²) in [6.45, 7) is 10.1. The van der Waals surface area contributed by atoms with Crippen LogP contribution in [0.1, 0.15) is 44.6 Å². The van der Waals surface area contributed by atoms with Gasteiger partial charge in [0.1, 0.15) is 18.5 Å². The number of nitrogens with zero attached hydrogens (tertiary/aromatic N) is 2. The maximum absolute atomic E-state index is 10.4. The fourth-order valence-electron chi connectivity index (χ4n) is 4.07. The zero-order chi connectivity index (χ0) is 16.9. The molecule has 134 valence electrons. The van der Waals surface area contributed by atoms with Crippen LogP contribution in [0.15, 0.2) is 24.3 Å². The molecule has 0 amide bonds. The maximum Gasteiger partial charge on any atom is 0.122 e. The summed E-state index contributed by atoms with van der Waals surface area (Å²) in [6.07, 6.45) is 3.42. The Balaban J connectivity index is 1.50. The lowest BCUT2D eigenvalue weighted by molar-refractivity contribution is 0.0654. The molecule has 3 rings (SSSR count). The van der Waals surface area contributed by atoms with Crippen molar-refractivity contribution in [1.29, 1.82) is 0 Å². The highest BCUT2D eigenvalue weighted by Crippen LogP contribution is 2.26. The van der Waals surface area contributed by atoms with Gasteiger partial charge in [0, 0.05) is 19.1 Å². The quantitative estimate of drug-likeness (QED) is 0.869. The fraction of sp³-hybridized carbons (Fsp3) is 0.700. The number of fused-ring (bicyclic) bond motifs is 1. The van der Waals surface area contributed by atoms with E-state index in [2.05, 4.69) is 29.7 Å². The molecule has 1 N–H and O–H groups in total. The molecule has 2 aliphatic heterocycles. The number of benzene rings is 1. The highest BCUT2D eigenvalue weighted by Gasteiger charge is 2.29. The van der Waals surface area contributed by atoms with Crippen LogP contribution in [-0.2, 0) is 0 Å². The molecule has 0 radical (unpaired) electrons. The van der Waals surface area contributed by atoms with Crippen LogP contribution in [0.5, 0.6) is 5.75 Å². The van der Waals surface area contributed by atoms with Crippen LogP contribution in [-0.4, -0.2) is 66.4 Å². The highest BCUT2D eigenvalue weighted by molar-refractivity contribution is 5.35. The third-order valence-electron chi connectivity index (χ3n) is 5.33. The largest absolute Gasteiger partial charge is 0.491 e. The van der Waals surface area contributed by atoms with Crippen molar-refractivity contribution in [1.82, 2.24) is 9.80 Å². The Hall–Kier alpha value is -1.10. The number of ether oxygens (including phenoxy) is 1. The molecule has 0 spiro atoms. The van der Waals surface area contributed by atoms with Gasteiger partial charge >= 0.3 is 0 Å². The van der Waals surface area contributed by atoms with Crippen LogP contribution in [0.25, 0.3) is 0 Å². The van der Waals surface area contributed by atoms with Crippen molar-refractivity contribution in [2.24, 2.45) is 0 Å². The molecule has 2 fully saturated rings. The average molecular weight is 332 g/mol. The number of aliphatic hydroxyl groups is 1. The van der Waals surface area contributed by atoms with Gasteiger partial charge in [-0.25, -0.2) is 0 Å². The summed E-state index contributed by atoms with van der Waals surface area (Å²) in [7, 11) is 0. The van der Waals surface area contributed by atoms with E-state index in [9.17, 15) is 5.11 Å². The van der Waals surface area contributed by atoms with Crippen LogP contribution in [0, 0.1) is 0 Å². The number of hydrogen-bond donors (Lipinski definition) is 1. The molecule has 1 aromatic rings. The van der Waals surface area contributed by atoms with Gasteiger partial charge in [0.2, 0.25) is 0 Å². The predicted molar refractivity (Wildman–Crippen MR) is 97.7 cm³/mol. The summed E-state index contributed by atoms with van der Waals surface area (Å²) < 4.78 is 5.93. The highest BCUT2D eigenvalue weighted by atomic mass is 16.5. The first kappa shape index (κ1) is 17.7. The van der Waals surface area contributed by atoms with Crippen molar-refractivity contribution < 1.29 is 9.84 Å². The first-order valence-electron chi connectivity index (χ1n) is 9.49. The molecule has 2 heterocycles. The minimum Gasteiger partial charge on any atom is -0.491 e. The van der Waals surface area contributed by atoms with Gasteiger partial charge in [-0.3, -0.25) is 9.80 Å². The van der Waals surface area contributed by atoms with Crippen molar-refractivity contribution in [3.63, 3.8) is 0 Å². The lowest BCUT2D eigenvalue weighted by atomic mass is 10.0. The second kappa shape index (κ2) is 8.32. The van der Waals surface area contributed by atoms with Gasteiger partial charge in [-0.15, -0.1) is 0 Å². The molecule has 0 aromatic heterocycles. The van der Waals surface area contributed by atoms with Gasteiger partial charge in [-0.1, -0.05) is 32.0 Å². The van der Waals surface area contributed by atoms with Crippen molar-refractivity contribution in [2.75, 3.05) is 39.3 Å². The lowest BCUT2D eigenvalue weighted by Crippen LogP contribution is -2.41. The molecule has 4 nitrogen and oxygen atoms in total. The van der Waals surface area contributed by atoms with Crippen LogP contribution in [0.4, 0.5) is 0 Å². The third kappa shape index (κ3) is 4.50. The number of aliphatic hydroxyl groups excluding tert-OH is 1. The molecule has 2 saturated heterocycles. The Kier molecular flexibility index (Phi) is 6.14. The Morgan fingerprint density at radius 1 is 1.17 bits per heavy atom. The van der Waals surface area contributed by atoms with E-state index in [4.69, 9.17) is 4.74 Å². The van der Waals surface area contributed by atoms with Gasteiger partial charge in [-0.2, -0.15) is 0 Å². The molecule has 4 heteroatoms. The minimum absolute atomic E-state index is 0.370. The standard InChI is InChI=1S/C20H32N2O2/c1-16(2)19-8-3-4-9-20(19)24-15-18(23)14-21-10-6-12-22-11-5-7-17(22)13-21/h3-4,8-9,16-18,23H,5-7,10-15H2,1-2H3/t17-,18+/m0/s1. The molecule has 1 aromatic carbocycles. The number of β-amino-alcohol motifs (C(OH)–C–C–N with tert-alkyl or cyclic N) is 1. The Morgan fingerprint density at radius 2 is 1.96 bits per heavy atom. The number of rotatable bonds is 6. The third-order valence-corrected chi connectivity index (χ3v) is 5.33. The van der Waals surface area contributed by atoms with E-state index in [1.165, 1.54) is 37.9 Å². The van der Waals surface area contributed by atoms with Gasteiger partial charge in [0.15, 0.2) is 0 Å². The van der Waals surface area contributed by atoms with E-state index in [0.29, 0.717) is 25.1 Å². The van der Waals surface area contributed by atoms with Crippen molar-refractivity contribution in [3.05, 3.63) is 29.8 Å². The normalized spacial score (nSPS) is 23.9. The Bertz CT molecular complexity index is 520. The molecule has 0 aliphatic carbocycles. The maximum atomic E-state index is 10.4. The van der Waals surface area contributed by atoms with E-state index >= 15 is 0 Å². The molecular weight excluding hydrogens is 300 g/mol. The second-order valence-electron chi connectivity index (χ2n) is 7.60. The first-order chi connectivity index (χ1) is 11.6. The summed E-state index contributed by atoms with van der Waals surface area (Å²) in [4.78, 5) is 5.06. The molecule has 2 atom stereocenters. The van der Waals surface area contributed by atoms with E-state index in [1.54, 1.807) is 0 Å². The first-order valence-corrected chi connectivity index (χ1v) is 9.49. The van der Waals surface area contributed by atoms with E-state index in [1.807, 2.05) is 18.2 Å². The summed E-state index contributed by atoms with van der Waals surface area (Å²) in [5, 5.41) is 10.4. The fourth-order valence-corrected chi connectivity index (χ4v) is 4.07. The summed E-state index contributed by atoms with van der Waals surface area (Å²) in [5.41, 5.74) is 1.21. The van der Waals surface area contributed by atoms with Crippen LogP contribution in [0.3, 0.4) is 0 Å². The summed E-state index contributed by atoms with van der Waals surface area (Å²) in [6, 6.07) is 8.85. The van der Waals surface area contributed by atoms with Crippen molar-refractivity contribution >= 4 is 0 Å². The SMILES string of the molecule is CC(C)c1ccccc1OC[C@H](O)CN1CCCN2CCC[C@H]2C1. The monoisotopic (exact) mass is 332 g/mol. The topological polar surface area (TPSA) is 35.9 Å². The zero-order valence-electron chi connectivity index (χ0n) is 15.2. The molecule has 2 aliphatic rings. The molecule has 0 unspecified atom stereocenters. The van der Waals surface area contributed by atoms with E-state index in [-0.39, 0.29) is 0 Å². The van der Waals surface area contributed by atoms with Crippen molar-refractivity contribution in [2.45, 2.75) is 51.2 Å². The van der Waals surface area contributed by atoms with Crippen LogP contribution < -0.4 is 4.74 Å². The average Bonchev–Trinajstić information content (AvgIpc) is 2.91. The van der Waals surface area contributed by atoms with Gasteiger partial charge < -0.3 is 9.84 Å². The number of hydrogen-bond acceptors (Lipinski definition) is 4. The molecule has 0 saturated carbocycles.